The van der Waals surface area contributed by atoms with Crippen LogP contribution in [0.3, 0.4) is 0 Å². The van der Waals surface area contributed by atoms with Gasteiger partial charge in [-0.15, -0.1) is 11.8 Å². The summed E-state index contributed by atoms with van der Waals surface area (Å²) >= 11 is 1.89. The first-order chi connectivity index (χ1) is 10.2. The van der Waals surface area contributed by atoms with Crippen LogP contribution < -0.4 is 10.1 Å². The van der Waals surface area contributed by atoms with Gasteiger partial charge in [0.1, 0.15) is 5.75 Å². The molecule has 4 nitrogen and oxygen atoms in total. The number of fused-ring (bicyclic) bond motifs is 1. The molecule has 1 heterocycles. The summed E-state index contributed by atoms with van der Waals surface area (Å²) in [6.07, 6.45) is 2.20. The van der Waals surface area contributed by atoms with Crippen LogP contribution in [0.4, 0.5) is 0 Å². The lowest BCUT2D eigenvalue weighted by molar-refractivity contribution is -0.128. The van der Waals surface area contributed by atoms with Crippen LogP contribution in [0.5, 0.6) is 5.75 Å². The van der Waals surface area contributed by atoms with E-state index in [0.717, 1.165) is 30.9 Å². The number of rotatable bonds is 5. The number of carbonyl (C=O) groups excluding carboxylic acids is 1. The molecular weight excluding hydrogens is 284 g/mol. The molecule has 2 rings (SSSR count). The second-order valence-electron chi connectivity index (χ2n) is 5.24. The van der Waals surface area contributed by atoms with E-state index in [1.54, 1.807) is 12.0 Å². The summed E-state index contributed by atoms with van der Waals surface area (Å²) in [6.45, 7) is 3.11. The SMILES string of the molecule is CCN(C)C(=O)CN[C@@H]1CCCSc2ccc(OC)cc21. The molecule has 1 amide bonds. The number of nitrogens with one attached hydrogen (secondary N) is 1. The Kier molecular flexibility index (Phi) is 5.94. The van der Waals surface area contributed by atoms with Crippen LogP contribution in [-0.4, -0.2) is 43.8 Å². The number of hydrogen-bond acceptors (Lipinski definition) is 4. The van der Waals surface area contributed by atoms with Gasteiger partial charge in [-0.3, -0.25) is 4.79 Å². The van der Waals surface area contributed by atoms with Gasteiger partial charge in [0.2, 0.25) is 5.91 Å². The Morgan fingerprint density at radius 2 is 2.33 bits per heavy atom. The first kappa shape index (κ1) is 16.2. The summed E-state index contributed by atoms with van der Waals surface area (Å²) in [5.74, 6) is 2.14. The molecule has 0 saturated heterocycles. The van der Waals surface area contributed by atoms with Gasteiger partial charge in [0.25, 0.3) is 0 Å². The number of likely N-dealkylation sites (N-methyl/N-ethyl adjacent to an activating group) is 1. The monoisotopic (exact) mass is 308 g/mol. The van der Waals surface area contributed by atoms with Crippen molar-refractivity contribution in [3.05, 3.63) is 23.8 Å². The van der Waals surface area contributed by atoms with E-state index < -0.39 is 0 Å². The van der Waals surface area contributed by atoms with Crippen LogP contribution in [0.2, 0.25) is 0 Å². The van der Waals surface area contributed by atoms with E-state index in [1.165, 1.54) is 10.5 Å². The third-order valence-corrected chi connectivity index (χ3v) is 5.06. The van der Waals surface area contributed by atoms with E-state index >= 15 is 0 Å². The van der Waals surface area contributed by atoms with Gasteiger partial charge in [-0.2, -0.15) is 0 Å². The van der Waals surface area contributed by atoms with Crippen molar-refractivity contribution in [3.8, 4) is 5.75 Å². The fourth-order valence-corrected chi connectivity index (χ4v) is 3.48. The van der Waals surface area contributed by atoms with Gasteiger partial charge < -0.3 is 15.0 Å². The highest BCUT2D eigenvalue weighted by atomic mass is 32.2. The van der Waals surface area contributed by atoms with E-state index in [9.17, 15) is 4.79 Å². The van der Waals surface area contributed by atoms with Crippen LogP contribution in [0.25, 0.3) is 0 Å². The van der Waals surface area contributed by atoms with E-state index in [4.69, 9.17) is 4.74 Å². The highest BCUT2D eigenvalue weighted by Crippen LogP contribution is 2.36. The van der Waals surface area contributed by atoms with E-state index in [0.29, 0.717) is 6.54 Å². The van der Waals surface area contributed by atoms with Gasteiger partial charge in [-0.05, 0) is 49.3 Å². The lowest BCUT2D eigenvalue weighted by atomic mass is 10.0. The second-order valence-corrected chi connectivity index (χ2v) is 6.37. The summed E-state index contributed by atoms with van der Waals surface area (Å²) in [4.78, 5) is 15.0. The summed E-state index contributed by atoms with van der Waals surface area (Å²) in [7, 11) is 3.53. The standard InChI is InChI=1S/C16H24N2O2S/c1-4-18(2)16(19)11-17-14-6-5-9-21-15-8-7-12(20-3)10-13(14)15/h7-8,10,14,17H,4-6,9,11H2,1-3H3/t14-/m1/s1. The van der Waals surface area contributed by atoms with Crippen molar-refractivity contribution in [2.45, 2.75) is 30.7 Å². The topological polar surface area (TPSA) is 41.6 Å². The third-order valence-electron chi connectivity index (χ3n) is 3.89. The first-order valence-electron chi connectivity index (χ1n) is 7.43. The molecule has 0 unspecified atom stereocenters. The molecule has 0 saturated carbocycles. The molecule has 1 aromatic rings. The van der Waals surface area contributed by atoms with Gasteiger partial charge in [0.05, 0.1) is 13.7 Å². The fraction of sp³-hybridized carbons (Fsp3) is 0.562. The molecule has 0 aromatic heterocycles. The molecule has 1 aliphatic heterocycles. The summed E-state index contributed by atoms with van der Waals surface area (Å²) in [6, 6.07) is 6.45. The minimum atomic E-state index is 0.138. The number of benzene rings is 1. The molecule has 1 N–H and O–H groups in total. The molecule has 0 bridgehead atoms. The maximum Gasteiger partial charge on any atom is 0.236 e. The van der Waals surface area contributed by atoms with Crippen molar-refractivity contribution in [2.75, 3.05) is 33.0 Å². The summed E-state index contributed by atoms with van der Waals surface area (Å²) in [5, 5.41) is 3.42. The van der Waals surface area contributed by atoms with Crippen LogP contribution in [0.1, 0.15) is 31.4 Å². The average molecular weight is 308 g/mol. The van der Waals surface area contributed by atoms with Crippen LogP contribution in [0, 0.1) is 0 Å². The molecule has 5 heteroatoms. The van der Waals surface area contributed by atoms with Crippen molar-refractivity contribution >= 4 is 17.7 Å². The summed E-state index contributed by atoms with van der Waals surface area (Å²) in [5.41, 5.74) is 1.25. The van der Waals surface area contributed by atoms with Gasteiger partial charge in [0.15, 0.2) is 0 Å². The zero-order chi connectivity index (χ0) is 15.2. The van der Waals surface area contributed by atoms with E-state index in [1.807, 2.05) is 31.8 Å². The Morgan fingerprint density at radius 3 is 3.05 bits per heavy atom. The Balaban J connectivity index is 2.11. The average Bonchev–Trinajstić information content (AvgIpc) is 2.73. The number of hydrogen-bond donors (Lipinski definition) is 1. The van der Waals surface area contributed by atoms with E-state index in [2.05, 4.69) is 17.4 Å². The van der Waals surface area contributed by atoms with Crippen molar-refractivity contribution < 1.29 is 9.53 Å². The Labute approximate surface area is 131 Å². The molecule has 1 aromatic carbocycles. The third kappa shape index (κ3) is 4.14. The quantitative estimate of drug-likeness (QED) is 0.908. The van der Waals surface area contributed by atoms with Crippen molar-refractivity contribution in [1.29, 1.82) is 0 Å². The van der Waals surface area contributed by atoms with Gasteiger partial charge >= 0.3 is 0 Å². The summed E-state index contributed by atoms with van der Waals surface area (Å²) < 4.78 is 5.34. The molecule has 0 fully saturated rings. The smallest absolute Gasteiger partial charge is 0.236 e. The van der Waals surface area contributed by atoms with Crippen molar-refractivity contribution in [1.82, 2.24) is 10.2 Å². The molecule has 0 spiro atoms. The Hall–Kier alpha value is -1.20. The lowest BCUT2D eigenvalue weighted by Gasteiger charge is -2.21. The predicted molar refractivity (Wildman–Crippen MR) is 87.0 cm³/mol. The Morgan fingerprint density at radius 1 is 1.52 bits per heavy atom. The lowest BCUT2D eigenvalue weighted by Crippen LogP contribution is -2.37. The zero-order valence-electron chi connectivity index (χ0n) is 13.0. The predicted octanol–water partition coefficient (Wildman–Crippen LogP) is 2.69. The van der Waals surface area contributed by atoms with Gasteiger partial charge in [-0.1, -0.05) is 0 Å². The zero-order valence-corrected chi connectivity index (χ0v) is 13.8. The number of carbonyl (C=O) groups is 1. The molecule has 1 atom stereocenters. The molecule has 0 aliphatic carbocycles. The normalized spacial score (nSPS) is 17.8. The minimum Gasteiger partial charge on any atom is -0.497 e. The van der Waals surface area contributed by atoms with E-state index in [-0.39, 0.29) is 11.9 Å². The fourth-order valence-electron chi connectivity index (χ4n) is 2.42. The molecule has 116 valence electrons. The largest absolute Gasteiger partial charge is 0.497 e. The number of thioether (sulfide) groups is 1. The van der Waals surface area contributed by atoms with Crippen molar-refractivity contribution in [2.24, 2.45) is 0 Å². The Bertz CT molecular complexity index is 493. The van der Waals surface area contributed by atoms with Gasteiger partial charge in [-0.25, -0.2) is 0 Å². The maximum absolute atomic E-state index is 12.0. The number of methoxy groups -OCH3 is 1. The van der Waals surface area contributed by atoms with Crippen LogP contribution >= 0.6 is 11.8 Å². The van der Waals surface area contributed by atoms with Gasteiger partial charge in [0, 0.05) is 24.5 Å². The maximum atomic E-state index is 12.0. The minimum absolute atomic E-state index is 0.138. The molecular formula is C16H24N2O2S. The first-order valence-corrected chi connectivity index (χ1v) is 8.42. The number of nitrogens with zero attached hydrogens (tertiary/aromatic N) is 1. The highest BCUT2D eigenvalue weighted by Gasteiger charge is 2.20. The second kappa shape index (κ2) is 7.71. The highest BCUT2D eigenvalue weighted by molar-refractivity contribution is 7.99. The number of amides is 1. The van der Waals surface area contributed by atoms with Crippen LogP contribution in [-0.2, 0) is 4.79 Å². The molecule has 1 aliphatic rings. The van der Waals surface area contributed by atoms with Crippen molar-refractivity contribution in [3.63, 3.8) is 0 Å². The number of ether oxygens (including phenoxy) is 1. The van der Waals surface area contributed by atoms with Crippen LogP contribution in [0.15, 0.2) is 23.1 Å². The molecule has 21 heavy (non-hydrogen) atoms. The molecule has 0 radical (unpaired) electrons.